The number of carbonyl (C=O) groups excluding carboxylic acids is 1. The van der Waals surface area contributed by atoms with Crippen LogP contribution in [0, 0.1) is 5.92 Å². The van der Waals surface area contributed by atoms with Crippen LogP contribution in [0.4, 0.5) is 4.39 Å². The lowest BCUT2D eigenvalue weighted by atomic mass is 9.88. The second kappa shape index (κ2) is 4.11. The van der Waals surface area contributed by atoms with Crippen molar-refractivity contribution in [3.05, 3.63) is 35.9 Å². The second-order valence-electron chi connectivity index (χ2n) is 4.06. The van der Waals surface area contributed by atoms with Gasteiger partial charge in [0.1, 0.15) is 0 Å². The number of hydrogen-bond donors (Lipinski definition) is 1. The molecule has 15 heavy (non-hydrogen) atoms. The molecule has 0 radical (unpaired) electrons. The van der Waals surface area contributed by atoms with Gasteiger partial charge in [0.2, 0.25) is 0 Å². The zero-order valence-electron chi connectivity index (χ0n) is 8.45. The van der Waals surface area contributed by atoms with Gasteiger partial charge in [0.25, 0.3) is 0 Å². The van der Waals surface area contributed by atoms with Gasteiger partial charge in [0.15, 0.2) is 12.0 Å². The van der Waals surface area contributed by atoms with Crippen LogP contribution in [0.1, 0.15) is 5.56 Å². The van der Waals surface area contributed by atoms with Gasteiger partial charge < -0.3 is 5.32 Å². The number of rotatable bonds is 3. The summed E-state index contributed by atoms with van der Waals surface area (Å²) in [7, 11) is 0. The highest BCUT2D eigenvalue weighted by Gasteiger charge is 2.43. The van der Waals surface area contributed by atoms with Gasteiger partial charge >= 0.3 is 0 Å². The summed E-state index contributed by atoms with van der Waals surface area (Å²) in [6.45, 7) is 0.720. The normalized spacial score (nSPS) is 30.3. The summed E-state index contributed by atoms with van der Waals surface area (Å²) in [5.41, 5.74) is -0.606. The Bertz CT molecular complexity index is 341. The lowest BCUT2D eigenvalue weighted by Crippen LogP contribution is -2.35. The molecule has 0 aliphatic carbocycles. The largest absolute Gasteiger partial charge is 0.313 e. The Morgan fingerprint density at radius 1 is 1.47 bits per heavy atom. The molecule has 2 atom stereocenters. The molecule has 1 aromatic carbocycles. The maximum Gasteiger partial charge on any atom is 0.182 e. The van der Waals surface area contributed by atoms with E-state index in [-0.39, 0.29) is 12.5 Å². The van der Waals surface area contributed by atoms with Crippen molar-refractivity contribution >= 4 is 6.29 Å². The summed E-state index contributed by atoms with van der Waals surface area (Å²) in [5, 5.41) is 2.93. The fourth-order valence-corrected chi connectivity index (χ4v) is 2.03. The highest BCUT2D eigenvalue weighted by molar-refractivity contribution is 5.64. The molecule has 1 aliphatic heterocycles. The summed E-state index contributed by atoms with van der Waals surface area (Å²) in [4.78, 5) is 10.7. The molecular formula is C12H14FNO. The van der Waals surface area contributed by atoms with Crippen molar-refractivity contribution in [2.75, 3.05) is 13.1 Å². The van der Waals surface area contributed by atoms with E-state index in [0.717, 1.165) is 5.56 Å². The fourth-order valence-electron chi connectivity index (χ4n) is 2.03. The molecule has 0 unspecified atom stereocenters. The van der Waals surface area contributed by atoms with Gasteiger partial charge in [-0.2, -0.15) is 0 Å². The standard InChI is InChI=1S/C12H14FNO/c13-12(9-15)8-14-7-11(12)6-10-4-2-1-3-5-10/h1-5,9,11,14H,6-8H2/t11-,12-/m1/s1. The van der Waals surface area contributed by atoms with Crippen LogP contribution < -0.4 is 5.32 Å². The Kier molecular flexibility index (Phi) is 2.82. The summed E-state index contributed by atoms with van der Waals surface area (Å²) in [6, 6.07) is 9.71. The molecule has 1 heterocycles. The topological polar surface area (TPSA) is 29.1 Å². The van der Waals surface area contributed by atoms with Crippen molar-refractivity contribution in [2.45, 2.75) is 12.1 Å². The van der Waals surface area contributed by atoms with Crippen molar-refractivity contribution < 1.29 is 9.18 Å². The molecule has 1 aliphatic rings. The highest BCUT2D eigenvalue weighted by atomic mass is 19.1. The second-order valence-corrected chi connectivity index (χ2v) is 4.06. The van der Waals surface area contributed by atoms with Crippen LogP contribution in [0.3, 0.4) is 0 Å². The van der Waals surface area contributed by atoms with Crippen LogP contribution in [-0.2, 0) is 11.2 Å². The molecule has 80 valence electrons. The average Bonchev–Trinajstić information content (AvgIpc) is 2.63. The van der Waals surface area contributed by atoms with Crippen LogP contribution in [0.2, 0.25) is 0 Å². The minimum Gasteiger partial charge on any atom is -0.313 e. The van der Waals surface area contributed by atoms with E-state index in [1.807, 2.05) is 30.3 Å². The fraction of sp³-hybridized carbons (Fsp3) is 0.417. The van der Waals surface area contributed by atoms with E-state index in [2.05, 4.69) is 5.32 Å². The van der Waals surface area contributed by atoms with E-state index in [4.69, 9.17) is 0 Å². The van der Waals surface area contributed by atoms with Gasteiger partial charge in [-0.1, -0.05) is 30.3 Å². The summed E-state index contributed by atoms with van der Waals surface area (Å²) in [6.07, 6.45) is 1.06. The van der Waals surface area contributed by atoms with Gasteiger partial charge in [-0.15, -0.1) is 0 Å². The highest BCUT2D eigenvalue weighted by Crippen LogP contribution is 2.27. The summed E-state index contributed by atoms with van der Waals surface area (Å²) < 4.78 is 14.0. The predicted octanol–water partition coefficient (Wildman–Crippen LogP) is 1.36. The van der Waals surface area contributed by atoms with E-state index in [0.29, 0.717) is 19.3 Å². The first kappa shape index (κ1) is 10.3. The van der Waals surface area contributed by atoms with Gasteiger partial charge in [-0.25, -0.2) is 4.39 Å². The maximum atomic E-state index is 14.0. The van der Waals surface area contributed by atoms with Crippen molar-refractivity contribution in [3.8, 4) is 0 Å². The third-order valence-corrected chi connectivity index (χ3v) is 2.99. The Morgan fingerprint density at radius 2 is 2.20 bits per heavy atom. The first-order chi connectivity index (χ1) is 7.24. The molecule has 1 fully saturated rings. The molecule has 0 amide bonds. The van der Waals surface area contributed by atoms with Gasteiger partial charge in [0, 0.05) is 19.0 Å². The maximum absolute atomic E-state index is 14.0. The molecule has 2 rings (SSSR count). The molecule has 1 N–H and O–H groups in total. The number of nitrogens with one attached hydrogen (secondary N) is 1. The van der Waals surface area contributed by atoms with E-state index >= 15 is 0 Å². The third-order valence-electron chi connectivity index (χ3n) is 2.99. The van der Waals surface area contributed by atoms with E-state index < -0.39 is 5.67 Å². The molecule has 1 saturated heterocycles. The summed E-state index contributed by atoms with van der Waals surface area (Å²) >= 11 is 0. The summed E-state index contributed by atoms with van der Waals surface area (Å²) in [5.74, 6) is -0.239. The molecule has 3 heteroatoms. The van der Waals surface area contributed by atoms with E-state index in [9.17, 15) is 9.18 Å². The molecule has 2 nitrogen and oxygen atoms in total. The Balaban J connectivity index is 2.09. The lowest BCUT2D eigenvalue weighted by Gasteiger charge is -2.19. The minimum absolute atomic E-state index is 0.147. The van der Waals surface area contributed by atoms with Crippen molar-refractivity contribution in [1.82, 2.24) is 5.32 Å². The number of aldehydes is 1. The van der Waals surface area contributed by atoms with Gasteiger partial charge in [0.05, 0.1) is 0 Å². The lowest BCUT2D eigenvalue weighted by molar-refractivity contribution is -0.118. The Hall–Kier alpha value is -1.22. The molecule has 0 bridgehead atoms. The zero-order chi connectivity index (χ0) is 10.7. The van der Waals surface area contributed by atoms with Crippen molar-refractivity contribution in [2.24, 2.45) is 5.92 Å². The number of carbonyl (C=O) groups is 1. The van der Waals surface area contributed by atoms with Crippen LogP contribution in [0.5, 0.6) is 0 Å². The van der Waals surface area contributed by atoms with Crippen LogP contribution in [-0.4, -0.2) is 25.0 Å². The molecule has 1 aromatic rings. The zero-order valence-corrected chi connectivity index (χ0v) is 8.45. The number of benzene rings is 1. The van der Waals surface area contributed by atoms with Gasteiger partial charge in [-0.05, 0) is 12.0 Å². The number of hydrogen-bond acceptors (Lipinski definition) is 2. The average molecular weight is 207 g/mol. The molecule has 0 aromatic heterocycles. The first-order valence-corrected chi connectivity index (χ1v) is 5.14. The monoisotopic (exact) mass is 207 g/mol. The Labute approximate surface area is 88.5 Å². The number of halogens is 1. The van der Waals surface area contributed by atoms with Crippen LogP contribution in [0.15, 0.2) is 30.3 Å². The van der Waals surface area contributed by atoms with Crippen LogP contribution in [0.25, 0.3) is 0 Å². The van der Waals surface area contributed by atoms with E-state index in [1.54, 1.807) is 0 Å². The third kappa shape index (κ3) is 2.07. The smallest absolute Gasteiger partial charge is 0.182 e. The van der Waals surface area contributed by atoms with Crippen LogP contribution >= 0.6 is 0 Å². The first-order valence-electron chi connectivity index (χ1n) is 5.14. The van der Waals surface area contributed by atoms with E-state index in [1.165, 1.54) is 0 Å². The molecule has 0 spiro atoms. The van der Waals surface area contributed by atoms with Crippen molar-refractivity contribution in [3.63, 3.8) is 0 Å². The SMILES string of the molecule is O=C[C@]1(F)CNC[C@H]1Cc1ccccc1. The predicted molar refractivity (Wildman–Crippen MR) is 56.4 cm³/mol. The van der Waals surface area contributed by atoms with Gasteiger partial charge in [-0.3, -0.25) is 4.79 Å². The molecular weight excluding hydrogens is 193 g/mol. The van der Waals surface area contributed by atoms with Crippen molar-refractivity contribution in [1.29, 1.82) is 0 Å². The number of alkyl halides is 1. The molecule has 0 saturated carbocycles. The minimum atomic E-state index is -1.68. The Morgan fingerprint density at radius 3 is 2.87 bits per heavy atom. The quantitative estimate of drug-likeness (QED) is 0.758.